The van der Waals surface area contributed by atoms with Gasteiger partial charge in [0.15, 0.2) is 0 Å². The lowest BCUT2D eigenvalue weighted by atomic mass is 10.1. The molecule has 0 spiro atoms. The molecule has 1 amide bonds. The molecular formula is C14H28N2O2. The molecule has 1 saturated heterocycles. The van der Waals surface area contributed by atoms with E-state index in [-0.39, 0.29) is 5.54 Å². The van der Waals surface area contributed by atoms with Crippen LogP contribution in [0.4, 0.5) is 0 Å². The quantitative estimate of drug-likeness (QED) is 0.563. The molecule has 4 nitrogen and oxygen atoms in total. The van der Waals surface area contributed by atoms with Crippen LogP contribution in [0.2, 0.25) is 0 Å². The zero-order valence-corrected chi connectivity index (χ0v) is 12.9. The Morgan fingerprint density at radius 2 is 1.94 bits per heavy atom. The van der Waals surface area contributed by atoms with Gasteiger partial charge in [0.05, 0.1) is 5.71 Å². The van der Waals surface area contributed by atoms with E-state index in [1.807, 2.05) is 11.8 Å². The van der Waals surface area contributed by atoms with Gasteiger partial charge in [0.2, 0.25) is 5.91 Å². The summed E-state index contributed by atoms with van der Waals surface area (Å²) in [5.74, 6) is 0.808. The molecule has 18 heavy (non-hydrogen) atoms. The summed E-state index contributed by atoms with van der Waals surface area (Å²) in [5.41, 5.74) is 1.07. The molecule has 0 N–H and O–H groups in total. The van der Waals surface area contributed by atoms with E-state index in [9.17, 15) is 4.79 Å². The van der Waals surface area contributed by atoms with Gasteiger partial charge in [-0.15, -0.1) is 0 Å². The molecule has 4 heteroatoms. The molecule has 1 aliphatic rings. The molecule has 0 atom stereocenters. The number of oxime groups is 1. The smallest absolute Gasteiger partial charge is 0.223 e. The minimum absolute atomic E-state index is 0.0353. The highest BCUT2D eigenvalue weighted by Crippen LogP contribution is 2.20. The lowest BCUT2D eigenvalue weighted by Gasteiger charge is -2.31. The summed E-state index contributed by atoms with van der Waals surface area (Å²) < 4.78 is 0. The van der Waals surface area contributed by atoms with Crippen molar-refractivity contribution in [1.82, 2.24) is 4.90 Å². The SMILES string of the molecule is CC(C)(C)N1CCCC1=O.CO/N=C(\C)C(C)C. The largest absolute Gasteiger partial charge is 0.399 e. The lowest BCUT2D eigenvalue weighted by molar-refractivity contribution is -0.131. The Morgan fingerprint density at radius 1 is 1.39 bits per heavy atom. The summed E-state index contributed by atoms with van der Waals surface area (Å²) in [6.45, 7) is 13.3. The number of likely N-dealkylation sites (tertiary alicyclic amines) is 1. The molecule has 0 aromatic carbocycles. The van der Waals surface area contributed by atoms with Crippen LogP contribution in [-0.4, -0.2) is 35.7 Å². The molecule has 1 rings (SSSR count). The van der Waals surface area contributed by atoms with Crippen LogP contribution in [0.1, 0.15) is 54.4 Å². The molecule has 1 heterocycles. The molecular weight excluding hydrogens is 228 g/mol. The van der Waals surface area contributed by atoms with Gasteiger partial charge in [-0.25, -0.2) is 0 Å². The van der Waals surface area contributed by atoms with Crippen molar-refractivity contribution >= 4 is 11.6 Å². The molecule has 1 fully saturated rings. The summed E-state index contributed by atoms with van der Waals surface area (Å²) in [4.78, 5) is 17.7. The van der Waals surface area contributed by atoms with Crippen molar-refractivity contribution < 1.29 is 9.63 Å². The van der Waals surface area contributed by atoms with Gasteiger partial charge in [0, 0.05) is 18.5 Å². The Hall–Kier alpha value is -1.06. The number of rotatable bonds is 2. The van der Waals surface area contributed by atoms with Crippen LogP contribution in [0.15, 0.2) is 5.16 Å². The van der Waals surface area contributed by atoms with E-state index in [1.54, 1.807) is 7.11 Å². The summed E-state index contributed by atoms with van der Waals surface area (Å²) in [6, 6.07) is 0. The minimum atomic E-state index is 0.0353. The molecule has 106 valence electrons. The topological polar surface area (TPSA) is 41.9 Å². The Morgan fingerprint density at radius 3 is 2.11 bits per heavy atom. The highest BCUT2D eigenvalue weighted by Gasteiger charge is 2.29. The first kappa shape index (κ1) is 16.9. The van der Waals surface area contributed by atoms with Gasteiger partial charge in [-0.1, -0.05) is 19.0 Å². The van der Waals surface area contributed by atoms with Crippen molar-refractivity contribution in [2.24, 2.45) is 11.1 Å². The average molecular weight is 256 g/mol. The zero-order chi connectivity index (χ0) is 14.3. The predicted molar refractivity (Wildman–Crippen MR) is 75.7 cm³/mol. The van der Waals surface area contributed by atoms with Gasteiger partial charge in [0.25, 0.3) is 0 Å². The number of hydrogen-bond donors (Lipinski definition) is 0. The summed E-state index contributed by atoms with van der Waals surface area (Å²) >= 11 is 0. The third kappa shape index (κ3) is 6.03. The number of hydrogen-bond acceptors (Lipinski definition) is 3. The van der Waals surface area contributed by atoms with Crippen molar-refractivity contribution in [2.75, 3.05) is 13.7 Å². The third-order valence-electron chi connectivity index (χ3n) is 2.95. The molecule has 0 saturated carbocycles. The van der Waals surface area contributed by atoms with E-state index < -0.39 is 0 Å². The first-order valence-electron chi connectivity index (χ1n) is 6.58. The second kappa shape index (κ2) is 7.39. The maximum Gasteiger partial charge on any atom is 0.223 e. The molecule has 1 aliphatic heterocycles. The molecule has 0 aromatic rings. The van der Waals surface area contributed by atoms with E-state index in [0.29, 0.717) is 11.8 Å². The molecule has 0 aliphatic carbocycles. The van der Waals surface area contributed by atoms with E-state index in [1.165, 1.54) is 0 Å². The molecule has 0 unspecified atom stereocenters. The van der Waals surface area contributed by atoms with E-state index in [4.69, 9.17) is 0 Å². The highest BCUT2D eigenvalue weighted by molar-refractivity contribution is 5.83. The molecule has 0 radical (unpaired) electrons. The van der Waals surface area contributed by atoms with Gasteiger partial charge in [-0.05, 0) is 40.0 Å². The average Bonchev–Trinajstić information content (AvgIpc) is 2.65. The summed E-state index contributed by atoms with van der Waals surface area (Å²) in [7, 11) is 1.56. The van der Waals surface area contributed by atoms with E-state index in [2.05, 4.69) is 44.6 Å². The van der Waals surface area contributed by atoms with Crippen LogP contribution < -0.4 is 0 Å². The second-order valence-corrected chi connectivity index (χ2v) is 5.89. The van der Waals surface area contributed by atoms with Gasteiger partial charge in [0.1, 0.15) is 7.11 Å². The van der Waals surface area contributed by atoms with Crippen LogP contribution >= 0.6 is 0 Å². The van der Waals surface area contributed by atoms with Crippen LogP contribution in [0, 0.1) is 5.92 Å². The van der Waals surface area contributed by atoms with E-state index in [0.717, 1.165) is 25.1 Å². The number of carbonyl (C=O) groups is 1. The van der Waals surface area contributed by atoms with Crippen LogP contribution in [0.5, 0.6) is 0 Å². The third-order valence-corrected chi connectivity index (χ3v) is 2.95. The maximum absolute atomic E-state index is 11.1. The van der Waals surface area contributed by atoms with E-state index >= 15 is 0 Å². The van der Waals surface area contributed by atoms with Crippen LogP contribution in [-0.2, 0) is 9.63 Å². The fourth-order valence-corrected chi connectivity index (χ4v) is 1.61. The molecule has 0 bridgehead atoms. The first-order valence-corrected chi connectivity index (χ1v) is 6.58. The van der Waals surface area contributed by atoms with Crippen LogP contribution in [0.3, 0.4) is 0 Å². The second-order valence-electron chi connectivity index (χ2n) is 5.89. The highest BCUT2D eigenvalue weighted by atomic mass is 16.6. The normalized spacial score (nSPS) is 16.8. The van der Waals surface area contributed by atoms with Crippen molar-refractivity contribution in [3.8, 4) is 0 Å². The summed E-state index contributed by atoms with van der Waals surface area (Å²) in [6.07, 6.45) is 1.79. The van der Waals surface area contributed by atoms with Gasteiger partial charge in [-0.3, -0.25) is 4.79 Å². The fraction of sp³-hybridized carbons (Fsp3) is 0.857. The standard InChI is InChI=1S/C8H15NO.C6H13NO/c1-8(2,3)9-6-4-5-7(9)10;1-5(2)6(3)7-8-4/h4-6H2,1-3H3;5H,1-4H3/b;7-6+. The van der Waals surface area contributed by atoms with Crippen molar-refractivity contribution in [2.45, 2.75) is 59.9 Å². The zero-order valence-electron chi connectivity index (χ0n) is 12.9. The lowest BCUT2D eigenvalue weighted by Crippen LogP contribution is -2.41. The Labute approximate surface area is 111 Å². The maximum atomic E-state index is 11.1. The van der Waals surface area contributed by atoms with Crippen molar-refractivity contribution in [3.05, 3.63) is 0 Å². The van der Waals surface area contributed by atoms with Crippen molar-refractivity contribution in [1.29, 1.82) is 0 Å². The van der Waals surface area contributed by atoms with Gasteiger partial charge in [-0.2, -0.15) is 0 Å². The Balaban J connectivity index is 0.000000331. The minimum Gasteiger partial charge on any atom is -0.399 e. The number of nitrogens with zero attached hydrogens (tertiary/aromatic N) is 2. The molecule has 0 aromatic heterocycles. The fourth-order valence-electron chi connectivity index (χ4n) is 1.61. The van der Waals surface area contributed by atoms with Crippen LogP contribution in [0.25, 0.3) is 0 Å². The Bertz CT molecular complexity index is 291. The number of carbonyl (C=O) groups excluding carboxylic acids is 1. The van der Waals surface area contributed by atoms with Gasteiger partial charge < -0.3 is 9.74 Å². The van der Waals surface area contributed by atoms with Gasteiger partial charge >= 0.3 is 0 Å². The predicted octanol–water partition coefficient (Wildman–Crippen LogP) is 3.07. The first-order chi connectivity index (χ1) is 8.20. The monoisotopic (exact) mass is 256 g/mol. The number of amides is 1. The van der Waals surface area contributed by atoms with Crippen molar-refractivity contribution in [3.63, 3.8) is 0 Å². The Kier molecular flexibility index (Phi) is 6.96. The summed E-state index contributed by atoms with van der Waals surface area (Å²) in [5, 5.41) is 3.74.